The van der Waals surface area contributed by atoms with Gasteiger partial charge in [0.2, 0.25) is 11.4 Å². The number of carbonyl (C=O) groups excluding carboxylic acids is 1. The molecule has 0 aromatic heterocycles. The molecule has 0 unspecified atom stereocenters. The quantitative estimate of drug-likeness (QED) is 0.126. The molecule has 1 aromatic carbocycles. The van der Waals surface area contributed by atoms with E-state index in [2.05, 4.69) is 14.9 Å². The number of rotatable bonds is 8. The number of hydrazine groups is 1. The first-order valence-corrected chi connectivity index (χ1v) is 11.0. The molecule has 0 amide bonds. The lowest BCUT2D eigenvalue weighted by Crippen LogP contribution is -2.45. The van der Waals surface area contributed by atoms with Crippen molar-refractivity contribution in [3.05, 3.63) is 39.1 Å². The minimum atomic E-state index is -4.95. The molecule has 0 spiro atoms. The molecule has 200 valence electrons. The van der Waals surface area contributed by atoms with Crippen LogP contribution in [-0.4, -0.2) is 59.2 Å². The first kappa shape index (κ1) is 29.0. The largest absolute Gasteiger partial charge is 0.569 e. The van der Waals surface area contributed by atoms with Crippen LogP contribution in [0.3, 0.4) is 0 Å². The Bertz CT molecular complexity index is 1070. The van der Waals surface area contributed by atoms with Gasteiger partial charge >= 0.3 is 18.1 Å². The Morgan fingerprint density at radius 3 is 2.42 bits per heavy atom. The van der Waals surface area contributed by atoms with E-state index in [1.54, 1.807) is 13.8 Å². The second kappa shape index (κ2) is 10.8. The monoisotopic (exact) mass is 537 g/mol. The third-order valence-electron chi connectivity index (χ3n) is 5.21. The third kappa shape index (κ3) is 6.71. The van der Waals surface area contributed by atoms with Crippen LogP contribution in [0.1, 0.15) is 45.7 Å². The van der Waals surface area contributed by atoms with Gasteiger partial charge in [0, 0.05) is 10.6 Å². The zero-order chi connectivity index (χ0) is 27.6. The summed E-state index contributed by atoms with van der Waals surface area (Å²) in [6, 6.07) is 1.56. The number of halogens is 4. The molecule has 0 fully saturated rings. The number of hydrogen-bond donors (Lipinski definition) is 1. The normalized spacial score (nSPS) is 17.0. The van der Waals surface area contributed by atoms with Crippen molar-refractivity contribution in [3.63, 3.8) is 0 Å². The number of hydrogen-bond acceptors (Lipinski definition) is 7. The molecule has 0 saturated carbocycles. The third-order valence-corrected chi connectivity index (χ3v) is 5.52. The van der Waals surface area contributed by atoms with Crippen LogP contribution in [0.15, 0.2) is 23.0 Å². The Labute approximate surface area is 210 Å². The van der Waals surface area contributed by atoms with Crippen LogP contribution in [0.25, 0.3) is 6.08 Å². The van der Waals surface area contributed by atoms with Gasteiger partial charge in [-0.1, -0.05) is 46.2 Å². The lowest BCUT2D eigenvalue weighted by atomic mass is 9.85. The highest BCUT2D eigenvalue weighted by atomic mass is 35.5. The highest BCUT2D eigenvalue weighted by Gasteiger charge is 2.49. The summed E-state index contributed by atoms with van der Waals surface area (Å²) in [4.78, 5) is 28.1. The van der Waals surface area contributed by atoms with E-state index in [1.807, 2.05) is 20.8 Å². The topological polar surface area (TPSA) is 124 Å². The Hall–Kier alpha value is -3.22. The fourth-order valence-corrected chi connectivity index (χ4v) is 3.93. The number of aliphatic carboxylic acids is 1. The molecule has 14 heteroatoms. The van der Waals surface area contributed by atoms with E-state index in [1.165, 1.54) is 12.1 Å². The van der Waals surface area contributed by atoms with Gasteiger partial charge in [-0.3, -0.25) is 0 Å². The van der Waals surface area contributed by atoms with Crippen molar-refractivity contribution in [2.24, 2.45) is 11.2 Å². The van der Waals surface area contributed by atoms with E-state index in [0.29, 0.717) is 5.56 Å². The predicted molar refractivity (Wildman–Crippen MR) is 121 cm³/mol. The van der Waals surface area contributed by atoms with Crippen molar-refractivity contribution in [1.82, 2.24) is 5.01 Å². The molecule has 10 nitrogen and oxygen atoms in total. The van der Waals surface area contributed by atoms with Crippen LogP contribution in [0, 0.1) is 11.1 Å². The van der Waals surface area contributed by atoms with Gasteiger partial charge in [-0.15, -0.1) is 5.01 Å². The fraction of sp³-hybridized carbons (Fsp3) is 0.545. The van der Waals surface area contributed by atoms with Crippen LogP contribution in [-0.2, 0) is 24.6 Å². The molecule has 1 aromatic rings. The van der Waals surface area contributed by atoms with Crippen LogP contribution in [0.2, 0.25) is 5.02 Å². The first-order valence-electron chi connectivity index (χ1n) is 10.7. The second-order valence-corrected chi connectivity index (χ2v) is 9.78. The number of alkyl halides is 3. The van der Waals surface area contributed by atoms with Gasteiger partial charge < -0.3 is 24.6 Å². The standard InChI is InChI=1S/C22H27ClF3N3O7/c1-11(2)17(19(30)31)28(6)29(33)27-35-10-34-20(32)13-7-12-8-15(23)14(21(3,4)5)9-16(12)36-18(13)22(24,25)26/h7-9,11,17-18H,10H2,1-6H3,(H,30,31)/b29-27-/t17-,18-/m0/s1. The fourth-order valence-electron chi connectivity index (χ4n) is 3.48. The highest BCUT2D eigenvalue weighted by Crippen LogP contribution is 2.42. The van der Waals surface area contributed by atoms with Gasteiger partial charge in [0.1, 0.15) is 5.75 Å². The summed E-state index contributed by atoms with van der Waals surface area (Å²) < 4.78 is 50.9. The van der Waals surface area contributed by atoms with Crippen molar-refractivity contribution >= 4 is 29.6 Å². The molecule has 0 bridgehead atoms. The molecule has 0 aliphatic carbocycles. The summed E-state index contributed by atoms with van der Waals surface area (Å²) in [5.41, 5.74) is -0.629. The lowest BCUT2D eigenvalue weighted by molar-refractivity contribution is -0.712. The van der Waals surface area contributed by atoms with Crippen molar-refractivity contribution in [3.8, 4) is 5.75 Å². The molecule has 2 atom stereocenters. The number of carboxylic acids is 1. The van der Waals surface area contributed by atoms with Gasteiger partial charge in [0.05, 0.1) is 17.6 Å². The molecule has 0 radical (unpaired) electrons. The molecule has 2 rings (SSSR count). The molecule has 1 aliphatic rings. The summed E-state index contributed by atoms with van der Waals surface area (Å²) in [5.74, 6) is -3.28. The summed E-state index contributed by atoms with van der Waals surface area (Å²) in [7, 11) is 1.15. The van der Waals surface area contributed by atoms with E-state index < -0.39 is 54.0 Å². The average Bonchev–Trinajstić information content (AvgIpc) is 2.72. The molecule has 36 heavy (non-hydrogen) atoms. The Balaban J connectivity index is 2.21. The summed E-state index contributed by atoms with van der Waals surface area (Å²) in [5, 5.41) is 25.2. The molecular weight excluding hydrogens is 511 g/mol. The van der Waals surface area contributed by atoms with Crippen LogP contribution >= 0.6 is 11.6 Å². The van der Waals surface area contributed by atoms with E-state index in [0.717, 1.165) is 18.1 Å². The van der Waals surface area contributed by atoms with Crippen LogP contribution in [0.4, 0.5) is 13.2 Å². The minimum Gasteiger partial charge on any atom is -0.569 e. The number of likely N-dealkylation sites (N-methyl/N-ethyl adjacent to an activating group) is 1. The molecule has 1 N–H and O–H groups in total. The van der Waals surface area contributed by atoms with Gasteiger partial charge in [-0.25, -0.2) is 9.59 Å². The summed E-state index contributed by atoms with van der Waals surface area (Å²) >= 11 is 6.29. The molecule has 1 heterocycles. The molecular formula is C22H27ClF3N3O7. The zero-order valence-electron chi connectivity index (χ0n) is 20.4. The summed E-state index contributed by atoms with van der Waals surface area (Å²) in [6.45, 7) is 7.61. The number of carboxylic acid groups (broad SMARTS) is 1. The van der Waals surface area contributed by atoms with Crippen LogP contribution in [0.5, 0.6) is 5.75 Å². The van der Waals surface area contributed by atoms with Crippen molar-refractivity contribution in [2.45, 2.75) is 58.4 Å². The van der Waals surface area contributed by atoms with E-state index >= 15 is 0 Å². The maximum absolute atomic E-state index is 13.7. The minimum absolute atomic E-state index is 0.0994. The van der Waals surface area contributed by atoms with Crippen LogP contribution < -0.4 is 4.74 Å². The Kier molecular flexibility index (Phi) is 8.71. The van der Waals surface area contributed by atoms with E-state index in [9.17, 15) is 33.1 Å². The Morgan fingerprint density at radius 1 is 1.31 bits per heavy atom. The average molecular weight is 538 g/mol. The number of ether oxygens (including phenoxy) is 2. The maximum Gasteiger partial charge on any atom is 0.430 e. The van der Waals surface area contributed by atoms with E-state index in [4.69, 9.17) is 16.3 Å². The first-order chi connectivity index (χ1) is 16.4. The summed E-state index contributed by atoms with van der Waals surface area (Å²) in [6.07, 6.45) is -6.61. The number of carbonyl (C=O) groups is 2. The second-order valence-electron chi connectivity index (χ2n) is 9.37. The number of nitrogens with zero attached hydrogens (tertiary/aromatic N) is 3. The van der Waals surface area contributed by atoms with E-state index in [-0.39, 0.29) is 21.3 Å². The van der Waals surface area contributed by atoms with Gasteiger partial charge in [0.15, 0.2) is 6.04 Å². The predicted octanol–water partition coefficient (Wildman–Crippen LogP) is 4.70. The van der Waals surface area contributed by atoms with Gasteiger partial charge in [0.25, 0.3) is 6.79 Å². The molecule has 1 aliphatic heterocycles. The van der Waals surface area contributed by atoms with Gasteiger partial charge in [-0.05, 0) is 35.1 Å². The maximum atomic E-state index is 13.7. The number of esters is 1. The zero-order valence-corrected chi connectivity index (χ0v) is 21.2. The van der Waals surface area contributed by atoms with Gasteiger partial charge in [-0.2, -0.15) is 13.2 Å². The SMILES string of the molecule is CC(C)[C@@H](C(=O)O)N(C)/[N+]([O-])=N/OCOC(=O)C1=Cc2cc(Cl)c(C(C)(C)C)cc2O[C@@H]1C(F)(F)F. The Morgan fingerprint density at radius 2 is 1.92 bits per heavy atom. The smallest absolute Gasteiger partial charge is 0.430 e. The van der Waals surface area contributed by atoms with Crippen molar-refractivity contribution < 1.29 is 47.1 Å². The number of benzene rings is 1. The van der Waals surface area contributed by atoms with Crippen molar-refractivity contribution in [1.29, 1.82) is 0 Å². The highest BCUT2D eigenvalue weighted by molar-refractivity contribution is 6.31. The lowest BCUT2D eigenvalue weighted by Gasteiger charge is -2.30. The van der Waals surface area contributed by atoms with Crippen molar-refractivity contribution in [2.75, 3.05) is 13.8 Å². The molecule has 0 saturated heterocycles. The number of fused-ring (bicyclic) bond motifs is 1.